The quantitative estimate of drug-likeness (QED) is 0.221. The molecule has 38 heavy (non-hydrogen) atoms. The van der Waals surface area contributed by atoms with E-state index in [9.17, 15) is 17.6 Å². The summed E-state index contributed by atoms with van der Waals surface area (Å²) in [5.74, 6) is -2.38. The normalized spacial score (nSPS) is 13.6. The molecule has 0 radical (unpaired) electrons. The number of H-pyrrole nitrogens is 1. The number of halogens is 3. The van der Waals surface area contributed by atoms with Crippen LogP contribution in [0.25, 0.3) is 22.2 Å². The maximum atomic E-state index is 15.3. The van der Waals surface area contributed by atoms with E-state index in [0.717, 1.165) is 12.1 Å². The number of aromatic nitrogens is 2. The Hall–Kier alpha value is -3.50. The number of nitrogens with zero attached hydrogens (tertiary/aromatic N) is 1. The van der Waals surface area contributed by atoms with E-state index >= 15 is 4.39 Å². The average Bonchev–Trinajstić information content (AvgIpc) is 3.61. The summed E-state index contributed by atoms with van der Waals surface area (Å²) < 4.78 is 62.1. The molecule has 5 rings (SSSR count). The van der Waals surface area contributed by atoms with Crippen molar-refractivity contribution in [1.82, 2.24) is 9.97 Å². The molecule has 198 valence electrons. The topological polar surface area (TPSA) is 101 Å². The molecular weight excluding hydrogens is 536 g/mol. The predicted octanol–water partition coefficient (Wildman–Crippen LogP) is 6.33. The summed E-state index contributed by atoms with van der Waals surface area (Å²) in [7, 11) is -3.86. The van der Waals surface area contributed by atoms with Crippen LogP contribution in [-0.2, 0) is 10.0 Å². The number of rotatable bonds is 10. The molecule has 2 heterocycles. The van der Waals surface area contributed by atoms with Crippen LogP contribution in [0.5, 0.6) is 5.75 Å². The Morgan fingerprint density at radius 1 is 1.21 bits per heavy atom. The van der Waals surface area contributed by atoms with Gasteiger partial charge in [0.2, 0.25) is 15.8 Å². The first kappa shape index (κ1) is 26.1. The van der Waals surface area contributed by atoms with Gasteiger partial charge < -0.3 is 9.72 Å². The summed E-state index contributed by atoms with van der Waals surface area (Å²) in [6.45, 7) is 2.30. The SMILES string of the molecule is CCCS(=O)(=O)Nc1ccc(F)c(C(=O)c2c[nH]c3ncc(-c4ccc(OCC5CC5)cc4Cl)cc23)c1F. The lowest BCUT2D eigenvalue weighted by molar-refractivity contribution is 0.103. The third kappa shape index (κ3) is 5.37. The van der Waals surface area contributed by atoms with Gasteiger partial charge in [-0.1, -0.05) is 18.5 Å². The van der Waals surface area contributed by atoms with Gasteiger partial charge in [0, 0.05) is 34.5 Å². The minimum absolute atomic E-state index is 0.0266. The van der Waals surface area contributed by atoms with Gasteiger partial charge in [-0.05, 0) is 61.6 Å². The number of sulfonamides is 1. The summed E-state index contributed by atoms with van der Waals surface area (Å²) in [6, 6.07) is 8.75. The van der Waals surface area contributed by atoms with E-state index in [0.29, 0.717) is 51.9 Å². The Labute approximate surface area is 223 Å². The molecule has 7 nitrogen and oxygen atoms in total. The largest absolute Gasteiger partial charge is 0.493 e. The first-order valence-corrected chi connectivity index (χ1v) is 14.1. The van der Waals surface area contributed by atoms with E-state index < -0.39 is 38.7 Å². The molecule has 1 fully saturated rings. The Balaban J connectivity index is 1.49. The monoisotopic (exact) mass is 559 g/mol. The molecule has 11 heteroatoms. The number of benzene rings is 2. The van der Waals surface area contributed by atoms with Gasteiger partial charge in [0.15, 0.2) is 5.82 Å². The predicted molar refractivity (Wildman–Crippen MR) is 142 cm³/mol. The zero-order chi connectivity index (χ0) is 27.0. The number of aromatic amines is 1. The second-order valence-corrected chi connectivity index (χ2v) is 11.5. The van der Waals surface area contributed by atoms with Crippen LogP contribution in [0.1, 0.15) is 42.1 Å². The maximum Gasteiger partial charge on any atom is 0.232 e. The fraction of sp³-hybridized carbons (Fsp3) is 0.259. The fourth-order valence-electron chi connectivity index (χ4n) is 4.12. The van der Waals surface area contributed by atoms with Crippen LogP contribution < -0.4 is 9.46 Å². The van der Waals surface area contributed by atoms with Crippen molar-refractivity contribution < 1.29 is 26.7 Å². The molecule has 0 spiro atoms. The van der Waals surface area contributed by atoms with Crippen LogP contribution in [0.2, 0.25) is 5.02 Å². The first-order chi connectivity index (χ1) is 18.2. The highest BCUT2D eigenvalue weighted by molar-refractivity contribution is 7.92. The minimum atomic E-state index is -3.86. The second-order valence-electron chi connectivity index (χ2n) is 9.25. The van der Waals surface area contributed by atoms with E-state index in [4.69, 9.17) is 16.3 Å². The van der Waals surface area contributed by atoms with Crippen molar-refractivity contribution in [2.45, 2.75) is 26.2 Å². The standard InChI is InChI=1S/C27H24ClF2N3O4S/c1-2-9-38(35,36)33-23-8-7-22(29)24(25(23)30)26(34)20-13-32-27-19(20)10-16(12-31-27)18-6-5-17(11-21(18)28)37-14-15-3-4-15/h5-8,10-13,15,33H,2-4,9,14H2,1H3,(H,31,32). The van der Waals surface area contributed by atoms with Crippen LogP contribution in [0, 0.1) is 17.6 Å². The van der Waals surface area contributed by atoms with Crippen molar-refractivity contribution in [2.24, 2.45) is 5.92 Å². The average molecular weight is 560 g/mol. The van der Waals surface area contributed by atoms with E-state index in [-0.39, 0.29) is 11.3 Å². The molecule has 2 aromatic carbocycles. The smallest absolute Gasteiger partial charge is 0.232 e. The van der Waals surface area contributed by atoms with E-state index in [1.807, 2.05) is 0 Å². The number of pyridine rings is 1. The number of anilines is 1. The third-order valence-corrected chi connectivity index (χ3v) is 8.06. The number of hydrogen-bond acceptors (Lipinski definition) is 5. The molecule has 1 saturated carbocycles. The van der Waals surface area contributed by atoms with Gasteiger partial charge in [-0.25, -0.2) is 22.2 Å². The van der Waals surface area contributed by atoms with Crippen LogP contribution in [-0.4, -0.2) is 36.5 Å². The molecule has 0 aliphatic heterocycles. The zero-order valence-corrected chi connectivity index (χ0v) is 21.9. The lowest BCUT2D eigenvalue weighted by atomic mass is 9.99. The van der Waals surface area contributed by atoms with Crippen molar-refractivity contribution >= 4 is 44.1 Å². The van der Waals surface area contributed by atoms with Crippen LogP contribution in [0.3, 0.4) is 0 Å². The summed E-state index contributed by atoms with van der Waals surface area (Å²) in [6.07, 6.45) is 5.52. The summed E-state index contributed by atoms with van der Waals surface area (Å²) >= 11 is 6.51. The number of hydrogen-bond donors (Lipinski definition) is 2. The molecule has 4 aromatic rings. The summed E-state index contributed by atoms with van der Waals surface area (Å²) in [4.78, 5) is 20.5. The number of ketones is 1. The number of ether oxygens (including phenoxy) is 1. The molecule has 0 bridgehead atoms. The summed E-state index contributed by atoms with van der Waals surface area (Å²) in [5, 5.41) is 0.750. The lowest BCUT2D eigenvalue weighted by Gasteiger charge is -2.11. The number of carbonyl (C=O) groups excluding carboxylic acids is 1. The van der Waals surface area contributed by atoms with Gasteiger partial charge in [0.25, 0.3) is 0 Å². The Kier molecular flexibility index (Phi) is 7.11. The number of nitrogens with one attached hydrogen (secondary N) is 2. The van der Waals surface area contributed by atoms with Crippen molar-refractivity contribution in [3.63, 3.8) is 0 Å². The highest BCUT2D eigenvalue weighted by Gasteiger charge is 2.26. The molecule has 1 aliphatic carbocycles. The lowest BCUT2D eigenvalue weighted by Crippen LogP contribution is -2.18. The van der Waals surface area contributed by atoms with E-state index in [1.165, 1.54) is 19.0 Å². The molecule has 0 atom stereocenters. The van der Waals surface area contributed by atoms with Gasteiger partial charge in [-0.2, -0.15) is 0 Å². The van der Waals surface area contributed by atoms with Gasteiger partial charge >= 0.3 is 0 Å². The van der Waals surface area contributed by atoms with Crippen molar-refractivity contribution in [2.75, 3.05) is 17.1 Å². The number of carbonyl (C=O) groups is 1. The van der Waals surface area contributed by atoms with Crippen molar-refractivity contribution in [3.05, 3.63) is 76.6 Å². The Morgan fingerprint density at radius 2 is 2.00 bits per heavy atom. The molecule has 0 saturated heterocycles. The molecule has 1 aliphatic rings. The molecule has 2 aromatic heterocycles. The van der Waals surface area contributed by atoms with E-state index in [1.54, 1.807) is 37.4 Å². The Morgan fingerprint density at radius 3 is 2.71 bits per heavy atom. The van der Waals surface area contributed by atoms with Gasteiger partial charge in [-0.3, -0.25) is 9.52 Å². The van der Waals surface area contributed by atoms with Crippen molar-refractivity contribution in [1.29, 1.82) is 0 Å². The highest BCUT2D eigenvalue weighted by Crippen LogP contribution is 2.35. The highest BCUT2D eigenvalue weighted by atomic mass is 35.5. The Bertz CT molecular complexity index is 1650. The molecule has 2 N–H and O–H groups in total. The van der Waals surface area contributed by atoms with Crippen molar-refractivity contribution in [3.8, 4) is 16.9 Å². The first-order valence-electron chi connectivity index (χ1n) is 12.1. The van der Waals surface area contributed by atoms with Gasteiger partial charge in [0.1, 0.15) is 17.2 Å². The summed E-state index contributed by atoms with van der Waals surface area (Å²) in [5.41, 5.74) is 0.163. The maximum absolute atomic E-state index is 15.3. The number of fused-ring (bicyclic) bond motifs is 1. The minimum Gasteiger partial charge on any atom is -0.493 e. The van der Waals surface area contributed by atoms with Gasteiger partial charge in [-0.15, -0.1) is 0 Å². The third-order valence-electron chi connectivity index (χ3n) is 6.27. The fourth-order valence-corrected chi connectivity index (χ4v) is 5.53. The van der Waals surface area contributed by atoms with E-state index in [2.05, 4.69) is 14.7 Å². The second kappa shape index (κ2) is 10.3. The molecular formula is C27H24ClF2N3O4S. The molecule has 0 unspecified atom stereocenters. The van der Waals surface area contributed by atoms with Gasteiger partial charge in [0.05, 0.1) is 28.6 Å². The molecule has 0 amide bonds. The zero-order valence-electron chi connectivity index (χ0n) is 20.4. The van der Waals surface area contributed by atoms with Crippen LogP contribution >= 0.6 is 11.6 Å². The van der Waals surface area contributed by atoms with Crippen LogP contribution in [0.15, 0.2) is 48.8 Å². The van der Waals surface area contributed by atoms with Crippen LogP contribution in [0.4, 0.5) is 14.5 Å².